The molecule has 1 aliphatic heterocycles. The number of hydrogen-bond donors (Lipinski definition) is 1. The van der Waals surface area contributed by atoms with E-state index in [0.717, 1.165) is 13.2 Å². The molecule has 0 aliphatic carbocycles. The molecule has 0 unspecified atom stereocenters. The third-order valence-electron chi connectivity index (χ3n) is 2.23. The molecule has 0 radical (unpaired) electrons. The second kappa shape index (κ2) is 3.67. The van der Waals surface area contributed by atoms with Crippen LogP contribution < -0.4 is 5.32 Å². The Labute approximate surface area is 86.3 Å². The van der Waals surface area contributed by atoms with E-state index in [0.29, 0.717) is 11.4 Å². The highest BCUT2D eigenvalue weighted by molar-refractivity contribution is 7.11. The van der Waals surface area contributed by atoms with Crippen molar-refractivity contribution in [3.63, 3.8) is 0 Å². The number of ether oxygens (including phenoxy) is 1. The van der Waals surface area contributed by atoms with Crippen LogP contribution in [0, 0.1) is 5.41 Å². The molecule has 76 valence electrons. The van der Waals surface area contributed by atoms with Crippen LogP contribution in [0.15, 0.2) is 11.7 Å². The molecule has 2 rings (SSSR count). The minimum absolute atomic E-state index is 0.0411. The van der Waals surface area contributed by atoms with E-state index in [9.17, 15) is 4.79 Å². The van der Waals surface area contributed by atoms with Gasteiger partial charge in [-0.15, -0.1) is 11.3 Å². The summed E-state index contributed by atoms with van der Waals surface area (Å²) in [5.74, 6) is -0.0411. The van der Waals surface area contributed by atoms with Crippen molar-refractivity contribution in [1.82, 2.24) is 10.3 Å². The van der Waals surface area contributed by atoms with Crippen molar-refractivity contribution >= 4 is 17.2 Å². The van der Waals surface area contributed by atoms with Gasteiger partial charge in [0.2, 0.25) is 0 Å². The van der Waals surface area contributed by atoms with Gasteiger partial charge >= 0.3 is 0 Å². The summed E-state index contributed by atoms with van der Waals surface area (Å²) in [5, 5.41) is 2.88. The van der Waals surface area contributed by atoms with E-state index >= 15 is 0 Å². The van der Waals surface area contributed by atoms with Crippen LogP contribution in [0.3, 0.4) is 0 Å². The third-order valence-corrected chi connectivity index (χ3v) is 3.00. The summed E-state index contributed by atoms with van der Waals surface area (Å²) in [7, 11) is 0. The van der Waals surface area contributed by atoms with Gasteiger partial charge < -0.3 is 10.1 Å². The lowest BCUT2D eigenvalue weighted by Gasteiger charge is -2.37. The smallest absolute Gasteiger partial charge is 0.263 e. The third kappa shape index (κ3) is 1.93. The first-order valence-corrected chi connectivity index (χ1v) is 5.32. The molecule has 0 saturated carbocycles. The van der Waals surface area contributed by atoms with Gasteiger partial charge in [0.25, 0.3) is 5.91 Å². The average Bonchev–Trinajstić information content (AvgIpc) is 2.63. The second-order valence-electron chi connectivity index (χ2n) is 3.85. The molecule has 1 N–H and O–H groups in total. The number of amides is 1. The van der Waals surface area contributed by atoms with Crippen LogP contribution in [0.5, 0.6) is 0 Å². The molecule has 4 nitrogen and oxygen atoms in total. The Bertz CT molecular complexity index is 320. The Morgan fingerprint density at radius 1 is 1.79 bits per heavy atom. The van der Waals surface area contributed by atoms with Crippen molar-refractivity contribution in [3.05, 3.63) is 16.6 Å². The van der Waals surface area contributed by atoms with Crippen LogP contribution in [-0.4, -0.2) is 30.6 Å². The number of nitrogens with one attached hydrogen (secondary N) is 1. The highest BCUT2D eigenvalue weighted by atomic mass is 32.1. The molecule has 0 bridgehead atoms. The Morgan fingerprint density at radius 3 is 3.07 bits per heavy atom. The molecular formula is C9H12N2O2S. The molecule has 1 aliphatic rings. The molecular weight excluding hydrogens is 200 g/mol. The SMILES string of the molecule is CC1(CNC(=O)c2cncs2)COC1. The minimum atomic E-state index is -0.0411. The number of rotatable bonds is 3. The lowest BCUT2D eigenvalue weighted by Crippen LogP contribution is -2.48. The predicted molar refractivity (Wildman–Crippen MR) is 53.4 cm³/mol. The van der Waals surface area contributed by atoms with E-state index < -0.39 is 0 Å². The molecule has 1 aromatic rings. The molecule has 0 aromatic carbocycles. The van der Waals surface area contributed by atoms with E-state index in [1.165, 1.54) is 11.3 Å². The molecule has 2 heterocycles. The number of aromatic nitrogens is 1. The summed E-state index contributed by atoms with van der Waals surface area (Å²) in [6.45, 7) is 4.24. The van der Waals surface area contributed by atoms with Crippen LogP contribution in [0.1, 0.15) is 16.6 Å². The minimum Gasteiger partial charge on any atom is -0.380 e. The summed E-state index contributed by atoms with van der Waals surface area (Å²) in [4.78, 5) is 16.0. The van der Waals surface area contributed by atoms with Gasteiger partial charge in [0.05, 0.1) is 24.9 Å². The number of carbonyl (C=O) groups is 1. The maximum Gasteiger partial charge on any atom is 0.263 e. The summed E-state index contributed by atoms with van der Waals surface area (Å²) >= 11 is 1.35. The van der Waals surface area contributed by atoms with Crippen LogP contribution in [-0.2, 0) is 4.74 Å². The van der Waals surface area contributed by atoms with Crippen molar-refractivity contribution in [1.29, 1.82) is 0 Å². The fourth-order valence-corrected chi connectivity index (χ4v) is 1.80. The van der Waals surface area contributed by atoms with Crippen molar-refractivity contribution in [2.24, 2.45) is 5.41 Å². The van der Waals surface area contributed by atoms with Crippen LogP contribution >= 0.6 is 11.3 Å². The maximum atomic E-state index is 11.5. The van der Waals surface area contributed by atoms with Gasteiger partial charge in [-0.25, -0.2) is 0 Å². The first-order chi connectivity index (χ1) is 6.70. The first kappa shape index (κ1) is 9.61. The standard InChI is InChI=1S/C9H12N2O2S/c1-9(4-13-5-9)3-11-8(12)7-2-10-6-14-7/h2,6H,3-5H2,1H3,(H,11,12). The van der Waals surface area contributed by atoms with Gasteiger partial charge in [-0.05, 0) is 0 Å². The summed E-state index contributed by atoms with van der Waals surface area (Å²) < 4.78 is 5.10. The normalized spacial score (nSPS) is 18.6. The Morgan fingerprint density at radius 2 is 2.57 bits per heavy atom. The number of hydrogen-bond acceptors (Lipinski definition) is 4. The van der Waals surface area contributed by atoms with Crippen molar-refractivity contribution < 1.29 is 9.53 Å². The second-order valence-corrected chi connectivity index (χ2v) is 4.74. The molecule has 14 heavy (non-hydrogen) atoms. The van der Waals surface area contributed by atoms with Crippen LogP contribution in [0.4, 0.5) is 0 Å². The topological polar surface area (TPSA) is 51.2 Å². The average molecular weight is 212 g/mol. The largest absolute Gasteiger partial charge is 0.380 e. The highest BCUT2D eigenvalue weighted by Crippen LogP contribution is 2.25. The molecule has 0 spiro atoms. The van der Waals surface area contributed by atoms with Crippen molar-refractivity contribution in [2.45, 2.75) is 6.92 Å². The highest BCUT2D eigenvalue weighted by Gasteiger charge is 2.33. The van der Waals surface area contributed by atoms with Crippen molar-refractivity contribution in [3.8, 4) is 0 Å². The zero-order valence-electron chi connectivity index (χ0n) is 7.95. The molecule has 5 heteroatoms. The Hall–Kier alpha value is -0.940. The summed E-state index contributed by atoms with van der Waals surface area (Å²) in [6, 6.07) is 0. The quantitative estimate of drug-likeness (QED) is 0.810. The summed E-state index contributed by atoms with van der Waals surface area (Å²) in [5.41, 5.74) is 1.78. The lowest BCUT2D eigenvalue weighted by molar-refractivity contribution is -0.0978. The lowest BCUT2D eigenvalue weighted by atomic mass is 9.89. The number of nitrogens with zero attached hydrogens (tertiary/aromatic N) is 1. The van der Waals surface area contributed by atoms with Gasteiger partial charge in [-0.2, -0.15) is 0 Å². The fourth-order valence-electron chi connectivity index (χ4n) is 1.26. The Kier molecular flexibility index (Phi) is 2.52. The van der Waals surface area contributed by atoms with E-state index in [1.54, 1.807) is 11.7 Å². The first-order valence-electron chi connectivity index (χ1n) is 4.44. The van der Waals surface area contributed by atoms with Gasteiger partial charge in [-0.1, -0.05) is 6.92 Å². The molecule has 1 fully saturated rings. The Balaban J connectivity index is 1.84. The van der Waals surface area contributed by atoms with Gasteiger partial charge in [0.15, 0.2) is 0 Å². The molecule has 0 atom stereocenters. The van der Waals surface area contributed by atoms with Gasteiger partial charge in [0.1, 0.15) is 4.88 Å². The predicted octanol–water partition coefficient (Wildman–Crippen LogP) is 0.909. The van der Waals surface area contributed by atoms with Crippen LogP contribution in [0.25, 0.3) is 0 Å². The number of carbonyl (C=O) groups excluding carboxylic acids is 1. The van der Waals surface area contributed by atoms with E-state index in [1.807, 2.05) is 0 Å². The van der Waals surface area contributed by atoms with E-state index in [2.05, 4.69) is 17.2 Å². The van der Waals surface area contributed by atoms with Crippen molar-refractivity contribution in [2.75, 3.05) is 19.8 Å². The number of thiazole rings is 1. The maximum absolute atomic E-state index is 11.5. The van der Waals surface area contributed by atoms with Gasteiger partial charge in [0, 0.05) is 12.0 Å². The zero-order valence-corrected chi connectivity index (χ0v) is 8.76. The molecule has 1 amide bonds. The monoisotopic (exact) mass is 212 g/mol. The van der Waals surface area contributed by atoms with E-state index in [4.69, 9.17) is 4.74 Å². The summed E-state index contributed by atoms with van der Waals surface area (Å²) in [6.07, 6.45) is 1.58. The zero-order chi connectivity index (χ0) is 10.0. The molecule has 1 aromatic heterocycles. The van der Waals surface area contributed by atoms with E-state index in [-0.39, 0.29) is 11.3 Å². The molecule has 1 saturated heterocycles. The van der Waals surface area contributed by atoms with Crippen LogP contribution in [0.2, 0.25) is 0 Å². The van der Waals surface area contributed by atoms with Gasteiger partial charge in [-0.3, -0.25) is 9.78 Å². The fraction of sp³-hybridized carbons (Fsp3) is 0.556.